The smallest absolute Gasteiger partial charge is 0.355 e. The lowest BCUT2D eigenvalue weighted by Crippen LogP contribution is -2.49. The van der Waals surface area contributed by atoms with Crippen LogP contribution in [0.15, 0.2) is 23.1 Å². The van der Waals surface area contributed by atoms with Crippen LogP contribution in [0.3, 0.4) is 0 Å². The van der Waals surface area contributed by atoms with Crippen LogP contribution in [0.5, 0.6) is 0 Å². The molecule has 2 heterocycles. The summed E-state index contributed by atoms with van der Waals surface area (Å²) in [5.74, 6) is -0.498. The van der Waals surface area contributed by atoms with Crippen LogP contribution in [0.4, 0.5) is 5.69 Å². The van der Waals surface area contributed by atoms with Crippen molar-refractivity contribution in [3.05, 3.63) is 46.3 Å². The molecule has 0 bridgehead atoms. The molecule has 2 aromatic rings. The third-order valence-corrected chi connectivity index (χ3v) is 8.04. The molecule has 164 valence electrons. The molecule has 8 heteroatoms. The van der Waals surface area contributed by atoms with E-state index in [1.165, 1.54) is 15.4 Å². The number of aryl methyl sites for hydroxylation is 2. The second-order valence-corrected chi connectivity index (χ2v) is 9.72. The van der Waals surface area contributed by atoms with E-state index in [9.17, 15) is 13.2 Å². The van der Waals surface area contributed by atoms with Crippen LogP contribution >= 0.6 is 0 Å². The van der Waals surface area contributed by atoms with E-state index in [0.29, 0.717) is 43.1 Å². The molecule has 30 heavy (non-hydrogen) atoms. The maximum Gasteiger partial charge on any atom is 0.355 e. The molecule has 0 spiro atoms. The first-order valence-electron chi connectivity index (χ1n) is 10.2. The van der Waals surface area contributed by atoms with E-state index in [2.05, 4.69) is 36.9 Å². The van der Waals surface area contributed by atoms with Crippen molar-refractivity contribution in [3.63, 3.8) is 0 Å². The first-order chi connectivity index (χ1) is 14.1. The van der Waals surface area contributed by atoms with Crippen LogP contribution in [0.25, 0.3) is 0 Å². The summed E-state index contributed by atoms with van der Waals surface area (Å²) in [5.41, 5.74) is 4.82. The van der Waals surface area contributed by atoms with Crippen LogP contribution in [0.2, 0.25) is 0 Å². The van der Waals surface area contributed by atoms with E-state index >= 15 is 0 Å². The lowest BCUT2D eigenvalue weighted by Gasteiger charge is -2.36. The van der Waals surface area contributed by atoms with Gasteiger partial charge in [-0.1, -0.05) is 12.1 Å². The number of carbonyl (C=O) groups excluding carboxylic acids is 1. The minimum Gasteiger partial charge on any atom is -0.461 e. The van der Waals surface area contributed by atoms with Crippen LogP contribution in [-0.4, -0.2) is 56.0 Å². The Bertz CT molecular complexity index is 1060. The largest absolute Gasteiger partial charge is 0.461 e. The Labute approximate surface area is 179 Å². The van der Waals surface area contributed by atoms with E-state index in [4.69, 9.17) is 4.74 Å². The minimum absolute atomic E-state index is 0.216. The van der Waals surface area contributed by atoms with Gasteiger partial charge in [-0.05, 0) is 51.8 Å². The van der Waals surface area contributed by atoms with Gasteiger partial charge in [0.05, 0.1) is 6.61 Å². The van der Waals surface area contributed by atoms with Gasteiger partial charge in [0.2, 0.25) is 10.0 Å². The molecule has 1 aromatic heterocycles. The van der Waals surface area contributed by atoms with Crippen molar-refractivity contribution in [1.82, 2.24) is 8.87 Å². The Hall–Kier alpha value is -2.32. The first kappa shape index (κ1) is 22.4. The van der Waals surface area contributed by atoms with Crippen LogP contribution < -0.4 is 4.90 Å². The van der Waals surface area contributed by atoms with Gasteiger partial charge in [0.1, 0.15) is 10.6 Å². The summed E-state index contributed by atoms with van der Waals surface area (Å²) in [7, 11) is -2.02. The Kier molecular flexibility index (Phi) is 6.29. The quantitative estimate of drug-likeness (QED) is 0.678. The van der Waals surface area contributed by atoms with E-state index in [1.807, 2.05) is 0 Å². The highest BCUT2D eigenvalue weighted by atomic mass is 32.2. The topological polar surface area (TPSA) is 71.8 Å². The van der Waals surface area contributed by atoms with Crippen LogP contribution in [0, 0.1) is 27.7 Å². The van der Waals surface area contributed by atoms with Gasteiger partial charge in [0.15, 0.2) is 0 Å². The zero-order chi connectivity index (χ0) is 22.2. The lowest BCUT2D eigenvalue weighted by molar-refractivity contribution is 0.0514. The highest BCUT2D eigenvalue weighted by Crippen LogP contribution is 2.30. The van der Waals surface area contributed by atoms with Crippen molar-refractivity contribution in [2.24, 2.45) is 7.05 Å². The number of ether oxygens (including phenoxy) is 1. The molecule has 0 radical (unpaired) electrons. The van der Waals surface area contributed by atoms with Gasteiger partial charge in [-0.3, -0.25) is 0 Å². The fourth-order valence-electron chi connectivity index (χ4n) is 4.18. The number of piperazine rings is 1. The Morgan fingerprint density at radius 1 is 1.07 bits per heavy atom. The monoisotopic (exact) mass is 433 g/mol. The fraction of sp³-hybridized carbons (Fsp3) is 0.500. The summed E-state index contributed by atoms with van der Waals surface area (Å²) in [6, 6.07) is 6.33. The number of hydrogen-bond donors (Lipinski definition) is 0. The van der Waals surface area contributed by atoms with Crippen molar-refractivity contribution in [3.8, 4) is 0 Å². The SMILES string of the molecule is CCOC(=O)c1c(C)c(S(=O)(=O)N2CCN(c3cc(C)ccc3C)CC2)c(C)n1C. The predicted octanol–water partition coefficient (Wildman–Crippen LogP) is 2.95. The molecule has 3 rings (SSSR count). The molecule has 0 saturated carbocycles. The van der Waals surface area contributed by atoms with Gasteiger partial charge >= 0.3 is 5.97 Å². The number of benzene rings is 1. The van der Waals surface area contributed by atoms with Gasteiger partial charge in [-0.25, -0.2) is 13.2 Å². The third kappa shape index (κ3) is 3.86. The number of nitrogens with zero attached hydrogens (tertiary/aromatic N) is 3. The average molecular weight is 434 g/mol. The van der Waals surface area contributed by atoms with E-state index in [1.54, 1.807) is 32.4 Å². The summed E-state index contributed by atoms with van der Waals surface area (Å²) in [4.78, 5) is 14.8. The molecular formula is C22H31N3O4S. The Balaban J connectivity index is 1.87. The summed E-state index contributed by atoms with van der Waals surface area (Å²) >= 11 is 0. The van der Waals surface area contributed by atoms with Gasteiger partial charge in [-0.2, -0.15) is 4.31 Å². The third-order valence-electron chi connectivity index (χ3n) is 5.87. The van der Waals surface area contributed by atoms with Gasteiger partial charge in [-0.15, -0.1) is 0 Å². The molecule has 1 fully saturated rings. The standard InChI is InChI=1S/C22H31N3O4S/c1-7-29-22(26)20-17(4)21(18(5)23(20)6)30(27,28)25-12-10-24(11-13-25)19-14-15(2)8-9-16(19)3/h8-9,14H,7,10-13H2,1-6H3. The molecule has 0 amide bonds. The summed E-state index contributed by atoms with van der Waals surface area (Å²) < 4.78 is 35.2. The summed E-state index contributed by atoms with van der Waals surface area (Å²) in [6.45, 7) is 11.6. The van der Waals surface area contributed by atoms with Crippen LogP contribution in [-0.2, 0) is 21.8 Å². The average Bonchev–Trinajstić information content (AvgIpc) is 2.93. The number of hydrogen-bond acceptors (Lipinski definition) is 5. The van der Waals surface area contributed by atoms with Crippen molar-refractivity contribution in [2.75, 3.05) is 37.7 Å². The van der Waals surface area contributed by atoms with Crippen molar-refractivity contribution in [2.45, 2.75) is 39.5 Å². The van der Waals surface area contributed by atoms with Gasteiger partial charge in [0.25, 0.3) is 0 Å². The first-order valence-corrected chi connectivity index (χ1v) is 11.7. The second kappa shape index (κ2) is 8.43. The summed E-state index contributed by atoms with van der Waals surface area (Å²) in [5, 5.41) is 0. The Morgan fingerprint density at radius 2 is 1.70 bits per heavy atom. The van der Waals surface area contributed by atoms with Gasteiger partial charge < -0.3 is 14.2 Å². The maximum absolute atomic E-state index is 13.5. The Morgan fingerprint density at radius 3 is 2.30 bits per heavy atom. The molecule has 0 unspecified atom stereocenters. The summed E-state index contributed by atoms with van der Waals surface area (Å²) in [6.07, 6.45) is 0. The molecular weight excluding hydrogens is 402 g/mol. The normalized spacial score (nSPS) is 15.5. The number of sulfonamides is 1. The molecule has 1 saturated heterocycles. The fourth-order valence-corrected chi connectivity index (χ4v) is 6.07. The van der Waals surface area contributed by atoms with E-state index in [-0.39, 0.29) is 11.5 Å². The number of esters is 1. The van der Waals surface area contributed by atoms with Crippen molar-refractivity contribution >= 4 is 21.7 Å². The minimum atomic E-state index is -3.72. The number of rotatable bonds is 5. The zero-order valence-corrected chi connectivity index (χ0v) is 19.5. The molecule has 1 aliphatic heterocycles. The number of carbonyl (C=O) groups is 1. The second-order valence-electron chi connectivity index (χ2n) is 7.85. The van der Waals surface area contributed by atoms with Gasteiger partial charge in [0, 0.05) is 50.2 Å². The lowest BCUT2D eigenvalue weighted by atomic mass is 10.1. The predicted molar refractivity (Wildman–Crippen MR) is 118 cm³/mol. The zero-order valence-electron chi connectivity index (χ0n) is 18.7. The molecule has 1 aliphatic rings. The number of aromatic nitrogens is 1. The van der Waals surface area contributed by atoms with Crippen molar-refractivity contribution in [1.29, 1.82) is 0 Å². The van der Waals surface area contributed by atoms with E-state index in [0.717, 1.165) is 5.69 Å². The molecule has 0 aliphatic carbocycles. The number of anilines is 1. The molecule has 1 aromatic carbocycles. The molecule has 0 N–H and O–H groups in total. The highest BCUT2D eigenvalue weighted by Gasteiger charge is 2.35. The molecule has 7 nitrogen and oxygen atoms in total. The van der Waals surface area contributed by atoms with Crippen molar-refractivity contribution < 1.29 is 17.9 Å². The highest BCUT2D eigenvalue weighted by molar-refractivity contribution is 7.89. The molecule has 0 atom stereocenters. The van der Waals surface area contributed by atoms with E-state index < -0.39 is 16.0 Å². The van der Waals surface area contributed by atoms with Crippen LogP contribution in [0.1, 0.15) is 39.8 Å². The maximum atomic E-state index is 13.5.